The van der Waals surface area contributed by atoms with Gasteiger partial charge in [-0.15, -0.1) is 11.3 Å². The van der Waals surface area contributed by atoms with E-state index in [0.717, 1.165) is 36.0 Å². The molecule has 0 spiro atoms. The fourth-order valence-electron chi connectivity index (χ4n) is 4.29. The number of hydrogen-bond acceptors (Lipinski definition) is 9. The molecule has 1 aromatic carbocycles. The van der Waals surface area contributed by atoms with Crippen molar-refractivity contribution in [3.8, 4) is 22.3 Å². The first-order valence-electron chi connectivity index (χ1n) is 12.9. The molecule has 4 aromatic heterocycles. The number of thiophene rings is 1. The number of nitrogens with zero attached hydrogens (tertiary/aromatic N) is 4. The monoisotopic (exact) mass is 706 g/mol. The molecule has 0 aliphatic carbocycles. The minimum Gasteiger partial charge on any atom is -0.501 e. The Morgan fingerprint density at radius 1 is 1.16 bits per heavy atom. The van der Waals surface area contributed by atoms with Crippen LogP contribution in [0.5, 0.6) is 11.6 Å². The lowest BCUT2D eigenvalue weighted by atomic mass is 9.63. The van der Waals surface area contributed by atoms with E-state index in [2.05, 4.69) is 31.0 Å². The third-order valence-electron chi connectivity index (χ3n) is 6.16. The number of carbonyl (C=O) groups is 1. The summed E-state index contributed by atoms with van der Waals surface area (Å²) in [6, 6.07) is 8.20. The number of alkyl halides is 4. The lowest BCUT2D eigenvalue weighted by Gasteiger charge is -2.31. The summed E-state index contributed by atoms with van der Waals surface area (Å²) in [6.07, 6.45) is -6.77. The molecule has 0 aliphatic heterocycles. The average molecular weight is 707 g/mol. The molecule has 0 fully saturated rings. The maximum absolute atomic E-state index is 16.4. The number of benzene rings is 1. The molecule has 2 atom stereocenters. The normalized spacial score (nSPS) is 13.5. The zero-order chi connectivity index (χ0) is 32.5. The lowest BCUT2D eigenvalue weighted by Crippen LogP contribution is -2.39. The Hall–Kier alpha value is -3.92. The van der Waals surface area contributed by atoms with Crippen molar-refractivity contribution in [2.75, 3.05) is 6.61 Å². The van der Waals surface area contributed by atoms with Crippen LogP contribution in [0.4, 0.5) is 22.0 Å². The summed E-state index contributed by atoms with van der Waals surface area (Å²) in [5.74, 6) is -1.46. The van der Waals surface area contributed by atoms with Gasteiger partial charge in [0, 0.05) is 17.8 Å². The van der Waals surface area contributed by atoms with Gasteiger partial charge < -0.3 is 18.6 Å². The number of rotatable bonds is 11. The third-order valence-corrected chi connectivity index (χ3v) is 8.32. The Labute approximate surface area is 266 Å². The standard InChI is InChI=1S/C27H18B2BrF5N4O5S/c1-2-41-25(40)21(43-23-18-19(30)22(15-7-8-17(31)42-15)45-24(18)37-12-36-23)20(32)13-5-3-4-6-14(13)44-27(28,29)16-9-10-38-39(16)11-26(33,34)35/h3-10,12,20-21H,2,11H2,1H3. The second-order valence-corrected chi connectivity index (χ2v) is 11.1. The Morgan fingerprint density at radius 2 is 1.91 bits per heavy atom. The number of fused-ring (bicyclic) bond motifs is 1. The minimum atomic E-state index is -4.65. The van der Waals surface area contributed by atoms with E-state index in [1.165, 1.54) is 37.3 Å². The molecule has 0 saturated carbocycles. The predicted octanol–water partition coefficient (Wildman–Crippen LogP) is 6.16. The van der Waals surface area contributed by atoms with Gasteiger partial charge in [0.15, 0.2) is 6.17 Å². The molecule has 0 N–H and O–H groups in total. The summed E-state index contributed by atoms with van der Waals surface area (Å²) in [6.45, 7) is -0.131. The predicted molar refractivity (Wildman–Crippen MR) is 156 cm³/mol. The summed E-state index contributed by atoms with van der Waals surface area (Å²) in [5.41, 5.74) is -0.652. The van der Waals surface area contributed by atoms with Gasteiger partial charge in [0.1, 0.15) is 44.9 Å². The van der Waals surface area contributed by atoms with Crippen LogP contribution in [-0.2, 0) is 21.5 Å². The second-order valence-electron chi connectivity index (χ2n) is 9.32. The molecule has 5 rings (SSSR count). The molecule has 4 radical (unpaired) electrons. The molecule has 18 heteroatoms. The maximum atomic E-state index is 16.4. The highest BCUT2D eigenvalue weighted by atomic mass is 79.9. The topological polar surface area (TPSA) is 102 Å². The fourth-order valence-corrected chi connectivity index (χ4v) is 6.20. The Morgan fingerprint density at radius 3 is 2.60 bits per heavy atom. The highest BCUT2D eigenvalue weighted by molar-refractivity contribution is 9.10. The van der Waals surface area contributed by atoms with E-state index in [0.29, 0.717) is 18.9 Å². The van der Waals surface area contributed by atoms with Crippen LogP contribution in [0, 0.1) is 6.01 Å². The van der Waals surface area contributed by atoms with Gasteiger partial charge in [0.25, 0.3) is 6.01 Å². The van der Waals surface area contributed by atoms with Crippen molar-refractivity contribution >= 4 is 59.1 Å². The molecule has 45 heavy (non-hydrogen) atoms. The lowest BCUT2D eigenvalue weighted by molar-refractivity contribution is -0.155. The number of furan rings is 1. The minimum absolute atomic E-state index is 0.128. The maximum Gasteiger partial charge on any atom is 0.408 e. The van der Waals surface area contributed by atoms with Crippen LogP contribution in [-0.4, -0.2) is 60.3 Å². The number of carbonyl (C=O) groups excluding carboxylic acids is 1. The van der Waals surface area contributed by atoms with Gasteiger partial charge in [0.05, 0.1) is 32.4 Å². The molecule has 2 unspecified atom stereocenters. The first-order valence-corrected chi connectivity index (χ1v) is 14.5. The number of hydrogen-bond donors (Lipinski definition) is 0. The fraction of sp³-hybridized carbons (Fsp3) is 0.259. The molecular formula is C27H18B2BrF5N4O5S. The van der Waals surface area contributed by atoms with Crippen LogP contribution < -0.4 is 9.47 Å². The Kier molecular flexibility index (Phi) is 9.26. The molecular weight excluding hydrogens is 689 g/mol. The average Bonchev–Trinajstić information content (AvgIpc) is 3.70. The molecule has 5 aromatic rings. The first-order chi connectivity index (χ1) is 21.3. The zero-order valence-electron chi connectivity index (χ0n) is 22.9. The van der Waals surface area contributed by atoms with Gasteiger partial charge in [-0.25, -0.2) is 19.2 Å². The summed E-state index contributed by atoms with van der Waals surface area (Å²) in [4.78, 5) is 22.1. The molecule has 4 heterocycles. The van der Waals surface area contributed by atoms with E-state index in [9.17, 15) is 22.4 Å². The van der Waals surface area contributed by atoms with Gasteiger partial charge in [-0.05, 0) is 41.1 Å². The quantitative estimate of drug-likeness (QED) is 0.0915. The van der Waals surface area contributed by atoms with Crippen molar-refractivity contribution in [2.24, 2.45) is 0 Å². The molecule has 0 amide bonds. The SMILES string of the molecule is [B]C([B])(Oc1ccccc1C(F)C(Oc1ncnc2sc(-c3ccc(F)o3)c(Br)c12)C(=O)OCC)c1ccnn1CC(F)(F)F. The number of esters is 1. The van der Waals surface area contributed by atoms with Crippen molar-refractivity contribution in [1.29, 1.82) is 0 Å². The Balaban J connectivity index is 1.50. The molecule has 0 saturated heterocycles. The van der Waals surface area contributed by atoms with Gasteiger partial charge in [-0.3, -0.25) is 4.68 Å². The van der Waals surface area contributed by atoms with Crippen LogP contribution in [0.3, 0.4) is 0 Å². The highest BCUT2D eigenvalue weighted by Crippen LogP contribution is 2.45. The highest BCUT2D eigenvalue weighted by Gasteiger charge is 2.38. The van der Waals surface area contributed by atoms with E-state index in [1.807, 2.05) is 0 Å². The smallest absolute Gasteiger partial charge is 0.408 e. The summed E-state index contributed by atoms with van der Waals surface area (Å²) in [5, 5.41) is 1.42. The van der Waals surface area contributed by atoms with E-state index in [-0.39, 0.29) is 40.6 Å². The number of para-hydroxylation sites is 1. The Bertz CT molecular complexity index is 1830. The third kappa shape index (κ3) is 7.01. The van der Waals surface area contributed by atoms with Crippen molar-refractivity contribution in [2.45, 2.75) is 37.3 Å². The van der Waals surface area contributed by atoms with Gasteiger partial charge in [-0.2, -0.15) is 22.7 Å². The van der Waals surface area contributed by atoms with Crippen molar-refractivity contribution in [1.82, 2.24) is 19.7 Å². The van der Waals surface area contributed by atoms with E-state index >= 15 is 4.39 Å². The van der Waals surface area contributed by atoms with Gasteiger partial charge in [-0.1, -0.05) is 18.2 Å². The van der Waals surface area contributed by atoms with E-state index in [1.54, 1.807) is 0 Å². The van der Waals surface area contributed by atoms with Crippen LogP contribution in [0.1, 0.15) is 24.4 Å². The van der Waals surface area contributed by atoms with E-state index in [4.69, 9.17) is 34.3 Å². The van der Waals surface area contributed by atoms with Crippen LogP contribution in [0.25, 0.3) is 20.9 Å². The van der Waals surface area contributed by atoms with Crippen molar-refractivity contribution in [3.05, 3.63) is 76.7 Å². The molecule has 0 aliphatic rings. The summed E-state index contributed by atoms with van der Waals surface area (Å²) < 4.78 is 91.7. The summed E-state index contributed by atoms with van der Waals surface area (Å²) in [7, 11) is 12.1. The van der Waals surface area contributed by atoms with Crippen molar-refractivity contribution in [3.63, 3.8) is 0 Å². The second kappa shape index (κ2) is 12.8. The summed E-state index contributed by atoms with van der Waals surface area (Å²) >= 11 is 4.50. The van der Waals surface area contributed by atoms with E-state index < -0.39 is 42.4 Å². The number of aromatic nitrogens is 4. The van der Waals surface area contributed by atoms with Crippen LogP contribution in [0.2, 0.25) is 0 Å². The largest absolute Gasteiger partial charge is 0.501 e. The van der Waals surface area contributed by atoms with Gasteiger partial charge >= 0.3 is 12.1 Å². The molecule has 230 valence electrons. The zero-order valence-corrected chi connectivity index (χ0v) is 25.3. The molecule has 9 nitrogen and oxygen atoms in total. The first kappa shape index (κ1) is 32.5. The van der Waals surface area contributed by atoms with Crippen LogP contribution in [0.15, 0.2) is 63.9 Å². The number of halogens is 6. The molecule has 0 bridgehead atoms. The number of ether oxygens (including phenoxy) is 3. The van der Waals surface area contributed by atoms with Crippen molar-refractivity contribution < 1.29 is 45.4 Å². The van der Waals surface area contributed by atoms with Gasteiger partial charge in [0.2, 0.25) is 12.0 Å². The van der Waals surface area contributed by atoms with Crippen LogP contribution >= 0.6 is 27.3 Å².